The Morgan fingerprint density at radius 3 is 1.58 bits per heavy atom. The van der Waals surface area contributed by atoms with Crippen LogP contribution in [0.4, 0.5) is 13.2 Å². The smallest absolute Gasteiger partial charge is 0.166 e. The molecule has 0 nitrogen and oxygen atoms in total. The maximum Gasteiger partial charge on any atom is 0.416 e. The van der Waals surface area contributed by atoms with E-state index >= 15 is 0 Å². The standard InChI is InChI=1S/C7H5F3.C2H6/c8-7(9,10)6-4-2-1-3-5-6;1-2/h1-5H;1-2H3. The van der Waals surface area contributed by atoms with Crippen molar-refractivity contribution >= 4 is 0 Å². The summed E-state index contributed by atoms with van der Waals surface area (Å²) in [5.74, 6) is 0. The lowest BCUT2D eigenvalue weighted by Crippen LogP contribution is -2.03. The van der Waals surface area contributed by atoms with Gasteiger partial charge in [0.1, 0.15) is 0 Å². The van der Waals surface area contributed by atoms with Gasteiger partial charge in [-0.1, -0.05) is 44.2 Å². The van der Waals surface area contributed by atoms with Gasteiger partial charge >= 0.3 is 6.18 Å². The number of hydrogen-bond acceptors (Lipinski definition) is 0. The van der Waals surface area contributed by atoms with Crippen LogP contribution in [0, 0.1) is 0 Å². The molecule has 0 spiro atoms. The first-order valence-electron chi connectivity index (χ1n) is 3.73. The van der Waals surface area contributed by atoms with Crippen molar-refractivity contribution in [3.63, 3.8) is 0 Å². The van der Waals surface area contributed by atoms with Crippen LogP contribution in [0.2, 0.25) is 0 Å². The summed E-state index contributed by atoms with van der Waals surface area (Å²) in [7, 11) is 0. The highest BCUT2D eigenvalue weighted by molar-refractivity contribution is 5.17. The van der Waals surface area contributed by atoms with Crippen LogP contribution in [-0.2, 0) is 6.18 Å². The van der Waals surface area contributed by atoms with Crippen molar-refractivity contribution < 1.29 is 13.2 Å². The second-order valence-corrected chi connectivity index (χ2v) is 1.86. The van der Waals surface area contributed by atoms with Gasteiger partial charge in [0.2, 0.25) is 0 Å². The molecule has 0 saturated heterocycles. The molecule has 0 fully saturated rings. The number of alkyl halides is 3. The van der Waals surface area contributed by atoms with E-state index in [1.807, 2.05) is 13.8 Å². The SMILES string of the molecule is CC.FC(F)(F)c1ccccc1. The van der Waals surface area contributed by atoms with E-state index in [0.29, 0.717) is 0 Å². The Morgan fingerprint density at radius 2 is 1.33 bits per heavy atom. The van der Waals surface area contributed by atoms with Gasteiger partial charge in [-0.3, -0.25) is 0 Å². The van der Waals surface area contributed by atoms with E-state index in [2.05, 4.69) is 0 Å². The number of halogens is 3. The first kappa shape index (κ1) is 11.0. The Labute approximate surface area is 70.0 Å². The van der Waals surface area contributed by atoms with Crippen LogP contribution in [0.1, 0.15) is 19.4 Å². The van der Waals surface area contributed by atoms with Gasteiger partial charge < -0.3 is 0 Å². The minimum Gasteiger partial charge on any atom is -0.166 e. The van der Waals surface area contributed by atoms with Gasteiger partial charge in [0.25, 0.3) is 0 Å². The van der Waals surface area contributed by atoms with E-state index in [1.165, 1.54) is 12.1 Å². The van der Waals surface area contributed by atoms with Crippen LogP contribution in [0.3, 0.4) is 0 Å². The molecule has 1 aromatic rings. The molecule has 1 rings (SSSR count). The van der Waals surface area contributed by atoms with E-state index in [4.69, 9.17) is 0 Å². The van der Waals surface area contributed by atoms with Gasteiger partial charge in [0.15, 0.2) is 0 Å². The normalized spacial score (nSPS) is 10.1. The lowest BCUT2D eigenvalue weighted by Gasteiger charge is -2.03. The average molecular weight is 176 g/mol. The summed E-state index contributed by atoms with van der Waals surface area (Å²) in [4.78, 5) is 0. The predicted molar refractivity (Wildman–Crippen MR) is 42.8 cm³/mol. The number of hydrogen-bond donors (Lipinski definition) is 0. The zero-order valence-corrected chi connectivity index (χ0v) is 7.02. The van der Waals surface area contributed by atoms with Gasteiger partial charge in [-0.25, -0.2) is 0 Å². The Balaban J connectivity index is 0.000000561. The van der Waals surface area contributed by atoms with Crippen LogP contribution in [0.5, 0.6) is 0 Å². The third-order valence-electron chi connectivity index (χ3n) is 1.10. The summed E-state index contributed by atoms with van der Waals surface area (Å²) < 4.78 is 35.4. The summed E-state index contributed by atoms with van der Waals surface area (Å²) >= 11 is 0. The fraction of sp³-hybridized carbons (Fsp3) is 0.333. The highest BCUT2D eigenvalue weighted by Crippen LogP contribution is 2.28. The third kappa shape index (κ3) is 3.42. The molecule has 68 valence electrons. The van der Waals surface area contributed by atoms with Crippen LogP contribution in [0.25, 0.3) is 0 Å². The molecule has 0 aromatic heterocycles. The van der Waals surface area contributed by atoms with Crippen molar-refractivity contribution in [2.45, 2.75) is 20.0 Å². The number of benzene rings is 1. The minimum atomic E-state index is -4.21. The molecule has 0 atom stereocenters. The average Bonchev–Trinajstić information content (AvgIpc) is 2.08. The molecule has 0 bridgehead atoms. The molecule has 0 saturated carbocycles. The number of rotatable bonds is 0. The third-order valence-corrected chi connectivity index (χ3v) is 1.10. The molecule has 0 heterocycles. The first-order chi connectivity index (χ1) is 5.61. The Morgan fingerprint density at radius 1 is 0.917 bits per heavy atom. The molecule has 0 aliphatic rings. The molecule has 0 N–H and O–H groups in total. The monoisotopic (exact) mass is 176 g/mol. The highest BCUT2D eigenvalue weighted by Gasteiger charge is 2.29. The van der Waals surface area contributed by atoms with Crippen LogP contribution < -0.4 is 0 Å². The molecule has 0 aliphatic carbocycles. The van der Waals surface area contributed by atoms with Crippen molar-refractivity contribution in [1.82, 2.24) is 0 Å². The Hall–Kier alpha value is -0.990. The van der Waals surface area contributed by atoms with Crippen molar-refractivity contribution in [2.75, 3.05) is 0 Å². The molecule has 3 heteroatoms. The van der Waals surface area contributed by atoms with Gasteiger partial charge in [0.05, 0.1) is 5.56 Å². The van der Waals surface area contributed by atoms with Gasteiger partial charge in [-0.05, 0) is 0 Å². The second-order valence-electron chi connectivity index (χ2n) is 1.86. The molecule has 1 aromatic carbocycles. The molecular formula is C9H11F3. The Kier molecular flexibility index (Phi) is 4.40. The highest BCUT2D eigenvalue weighted by atomic mass is 19.4. The topological polar surface area (TPSA) is 0 Å². The van der Waals surface area contributed by atoms with E-state index in [-0.39, 0.29) is 0 Å². The molecule has 0 radical (unpaired) electrons. The second kappa shape index (κ2) is 4.80. The van der Waals surface area contributed by atoms with E-state index < -0.39 is 11.7 Å². The summed E-state index contributed by atoms with van der Waals surface area (Å²) in [6.07, 6.45) is -4.21. The zero-order valence-electron chi connectivity index (χ0n) is 7.02. The Bertz CT molecular complexity index is 201. The van der Waals surface area contributed by atoms with E-state index in [9.17, 15) is 13.2 Å². The molecular weight excluding hydrogens is 165 g/mol. The molecule has 0 amide bonds. The first-order valence-corrected chi connectivity index (χ1v) is 3.73. The maximum absolute atomic E-state index is 11.8. The maximum atomic E-state index is 11.8. The largest absolute Gasteiger partial charge is 0.416 e. The lowest BCUT2D eigenvalue weighted by atomic mass is 10.2. The van der Waals surface area contributed by atoms with E-state index in [0.717, 1.165) is 12.1 Å². The predicted octanol–water partition coefficient (Wildman–Crippen LogP) is 3.73. The van der Waals surface area contributed by atoms with Crippen molar-refractivity contribution in [3.05, 3.63) is 35.9 Å². The van der Waals surface area contributed by atoms with E-state index in [1.54, 1.807) is 6.07 Å². The van der Waals surface area contributed by atoms with Crippen LogP contribution >= 0.6 is 0 Å². The molecule has 12 heavy (non-hydrogen) atoms. The van der Waals surface area contributed by atoms with Crippen LogP contribution in [0.15, 0.2) is 30.3 Å². The quantitative estimate of drug-likeness (QED) is 0.565. The van der Waals surface area contributed by atoms with Gasteiger partial charge in [-0.2, -0.15) is 13.2 Å². The molecule has 0 aliphatic heterocycles. The summed E-state index contributed by atoms with van der Waals surface area (Å²) in [5.41, 5.74) is -0.602. The fourth-order valence-electron chi connectivity index (χ4n) is 0.627. The van der Waals surface area contributed by atoms with Crippen LogP contribution in [-0.4, -0.2) is 0 Å². The lowest BCUT2D eigenvalue weighted by molar-refractivity contribution is -0.137. The van der Waals surface area contributed by atoms with Gasteiger partial charge in [0, 0.05) is 0 Å². The van der Waals surface area contributed by atoms with Gasteiger partial charge in [-0.15, -0.1) is 0 Å². The summed E-state index contributed by atoms with van der Waals surface area (Å²) in [6, 6.07) is 6.36. The van der Waals surface area contributed by atoms with Crippen molar-refractivity contribution in [3.8, 4) is 0 Å². The summed E-state index contributed by atoms with van der Waals surface area (Å²) in [5, 5.41) is 0. The molecule has 0 unspecified atom stereocenters. The van der Waals surface area contributed by atoms with Crippen molar-refractivity contribution in [1.29, 1.82) is 0 Å². The van der Waals surface area contributed by atoms with Crippen molar-refractivity contribution in [2.24, 2.45) is 0 Å². The fourth-order valence-corrected chi connectivity index (χ4v) is 0.627. The zero-order chi connectivity index (χ0) is 9.61. The minimum absolute atomic E-state index is 0.602. The summed E-state index contributed by atoms with van der Waals surface area (Å²) in [6.45, 7) is 4.00.